The summed E-state index contributed by atoms with van der Waals surface area (Å²) in [7, 11) is -1.79. The normalized spacial score (nSPS) is 11.6. The number of rotatable bonds is 5. The molecule has 20 heavy (non-hydrogen) atoms. The van der Waals surface area contributed by atoms with E-state index in [4.69, 9.17) is 0 Å². The number of benzene rings is 1. The number of hydrogen-bond donors (Lipinski definition) is 3. The summed E-state index contributed by atoms with van der Waals surface area (Å²) in [5.74, 6) is 0. The molecule has 0 saturated carbocycles. The van der Waals surface area contributed by atoms with Crippen LogP contribution in [-0.2, 0) is 16.6 Å². The lowest BCUT2D eigenvalue weighted by Gasteiger charge is -2.09. The van der Waals surface area contributed by atoms with E-state index in [1.807, 2.05) is 19.1 Å². The summed E-state index contributed by atoms with van der Waals surface area (Å²) in [5, 5.41) is 2.96. The Morgan fingerprint density at radius 3 is 2.75 bits per heavy atom. The van der Waals surface area contributed by atoms with Crippen LogP contribution in [0.2, 0.25) is 0 Å². The second-order valence-corrected chi connectivity index (χ2v) is 7.02. The zero-order chi connectivity index (χ0) is 14.8. The van der Waals surface area contributed by atoms with Crippen molar-refractivity contribution in [1.82, 2.24) is 10.3 Å². The Morgan fingerprint density at radius 2 is 2.05 bits per heavy atom. The molecule has 0 aliphatic carbocycles. The Balaban J connectivity index is 2.28. The van der Waals surface area contributed by atoms with Crippen molar-refractivity contribution in [2.45, 2.75) is 18.4 Å². The molecule has 0 aliphatic rings. The molecule has 1 aromatic heterocycles. The van der Waals surface area contributed by atoms with Gasteiger partial charge in [0.2, 0.25) is 0 Å². The minimum atomic E-state index is -3.59. The number of anilines is 1. The van der Waals surface area contributed by atoms with Gasteiger partial charge >= 0.3 is 0 Å². The molecule has 3 N–H and O–H groups in total. The van der Waals surface area contributed by atoms with Gasteiger partial charge in [0, 0.05) is 22.9 Å². The van der Waals surface area contributed by atoms with E-state index in [0.717, 1.165) is 11.3 Å². The summed E-state index contributed by atoms with van der Waals surface area (Å²) in [6.45, 7) is 2.50. The molecule has 0 spiro atoms. The highest BCUT2D eigenvalue weighted by molar-refractivity contribution is 9.10. The molecule has 5 nitrogen and oxygen atoms in total. The number of aryl methyl sites for hydroxylation is 1. The minimum Gasteiger partial charge on any atom is -0.363 e. The van der Waals surface area contributed by atoms with Gasteiger partial charge in [0.25, 0.3) is 10.0 Å². The van der Waals surface area contributed by atoms with Crippen molar-refractivity contribution in [3.05, 3.63) is 46.2 Å². The van der Waals surface area contributed by atoms with Gasteiger partial charge < -0.3 is 10.3 Å². The molecule has 0 saturated heterocycles. The molecular formula is C13H16BrN3O2S. The molecule has 0 amide bonds. The van der Waals surface area contributed by atoms with Crippen LogP contribution in [-0.4, -0.2) is 20.4 Å². The van der Waals surface area contributed by atoms with Crippen LogP contribution in [0, 0.1) is 6.92 Å². The van der Waals surface area contributed by atoms with E-state index in [2.05, 4.69) is 31.0 Å². The highest BCUT2D eigenvalue weighted by atomic mass is 79.9. The summed E-state index contributed by atoms with van der Waals surface area (Å²) in [5.41, 5.74) is 2.33. The maximum absolute atomic E-state index is 12.3. The van der Waals surface area contributed by atoms with Crippen LogP contribution in [0.4, 0.5) is 5.69 Å². The Labute approximate surface area is 127 Å². The molecule has 0 unspecified atom stereocenters. The molecule has 0 radical (unpaired) electrons. The SMILES string of the molecule is CNCc1cc(S(=O)(=O)Nc2cc(C)ccc2Br)c[nH]1. The molecule has 2 rings (SSSR count). The smallest absolute Gasteiger partial charge is 0.263 e. The maximum Gasteiger partial charge on any atom is 0.263 e. The number of sulfonamides is 1. The van der Waals surface area contributed by atoms with E-state index >= 15 is 0 Å². The number of halogens is 1. The molecule has 0 fully saturated rings. The minimum absolute atomic E-state index is 0.219. The fraction of sp³-hybridized carbons (Fsp3) is 0.231. The predicted molar refractivity (Wildman–Crippen MR) is 83.2 cm³/mol. The van der Waals surface area contributed by atoms with E-state index in [1.165, 1.54) is 6.20 Å². The van der Waals surface area contributed by atoms with Crippen LogP contribution in [0.25, 0.3) is 0 Å². The van der Waals surface area contributed by atoms with Crippen molar-refractivity contribution in [2.75, 3.05) is 11.8 Å². The van der Waals surface area contributed by atoms with Crippen LogP contribution >= 0.6 is 15.9 Å². The zero-order valence-corrected chi connectivity index (χ0v) is 13.6. The van der Waals surface area contributed by atoms with Gasteiger partial charge in [-0.25, -0.2) is 8.42 Å². The Hall–Kier alpha value is -1.31. The molecule has 0 atom stereocenters. The third-order valence-corrected chi connectivity index (χ3v) is 4.80. The average Bonchev–Trinajstić information content (AvgIpc) is 2.83. The third kappa shape index (κ3) is 3.41. The summed E-state index contributed by atoms with van der Waals surface area (Å²) in [4.78, 5) is 3.15. The van der Waals surface area contributed by atoms with Crippen LogP contribution < -0.4 is 10.0 Å². The van der Waals surface area contributed by atoms with Gasteiger partial charge in [0.15, 0.2) is 0 Å². The van der Waals surface area contributed by atoms with Gasteiger partial charge in [-0.15, -0.1) is 0 Å². The number of aromatic nitrogens is 1. The van der Waals surface area contributed by atoms with Crippen molar-refractivity contribution in [1.29, 1.82) is 0 Å². The first-order chi connectivity index (χ1) is 9.42. The summed E-state index contributed by atoms with van der Waals surface area (Å²) < 4.78 is 27.9. The molecule has 108 valence electrons. The zero-order valence-electron chi connectivity index (χ0n) is 11.2. The molecule has 7 heteroatoms. The number of H-pyrrole nitrogens is 1. The topological polar surface area (TPSA) is 74.0 Å². The van der Waals surface area contributed by atoms with E-state index in [-0.39, 0.29) is 4.90 Å². The average molecular weight is 358 g/mol. The monoisotopic (exact) mass is 357 g/mol. The standard InChI is InChI=1S/C13H16BrN3O2S/c1-9-3-4-12(14)13(5-9)17-20(18,19)11-6-10(7-15-2)16-8-11/h3-6,8,15-17H,7H2,1-2H3. The fourth-order valence-electron chi connectivity index (χ4n) is 1.79. The molecular weight excluding hydrogens is 342 g/mol. The highest BCUT2D eigenvalue weighted by Crippen LogP contribution is 2.26. The number of aromatic amines is 1. The van der Waals surface area contributed by atoms with Gasteiger partial charge in [-0.1, -0.05) is 6.07 Å². The van der Waals surface area contributed by atoms with Crippen molar-refractivity contribution < 1.29 is 8.42 Å². The molecule has 1 heterocycles. The van der Waals surface area contributed by atoms with Crippen LogP contribution in [0.1, 0.15) is 11.3 Å². The molecule has 0 aliphatic heterocycles. The van der Waals surface area contributed by atoms with Crippen molar-refractivity contribution in [2.24, 2.45) is 0 Å². The van der Waals surface area contributed by atoms with Gasteiger partial charge in [0.05, 0.1) is 5.69 Å². The first-order valence-electron chi connectivity index (χ1n) is 6.03. The maximum atomic E-state index is 12.3. The van der Waals surface area contributed by atoms with Crippen molar-refractivity contribution in [3.8, 4) is 0 Å². The Bertz CT molecular complexity index is 710. The number of nitrogens with one attached hydrogen (secondary N) is 3. The first kappa shape index (κ1) is 15.1. The van der Waals surface area contributed by atoms with Crippen LogP contribution in [0.15, 0.2) is 39.8 Å². The quantitative estimate of drug-likeness (QED) is 0.769. The van der Waals surface area contributed by atoms with Gasteiger partial charge in [-0.3, -0.25) is 4.72 Å². The Kier molecular flexibility index (Phi) is 4.52. The molecule has 2 aromatic rings. The highest BCUT2D eigenvalue weighted by Gasteiger charge is 2.17. The van der Waals surface area contributed by atoms with E-state index < -0.39 is 10.0 Å². The first-order valence-corrected chi connectivity index (χ1v) is 8.31. The van der Waals surface area contributed by atoms with Gasteiger partial charge in [-0.2, -0.15) is 0 Å². The lowest BCUT2D eigenvalue weighted by atomic mass is 10.2. The van der Waals surface area contributed by atoms with E-state index in [0.29, 0.717) is 16.7 Å². The predicted octanol–water partition coefficient (Wildman–Crippen LogP) is 2.61. The van der Waals surface area contributed by atoms with E-state index in [9.17, 15) is 8.42 Å². The number of hydrogen-bond acceptors (Lipinski definition) is 3. The largest absolute Gasteiger partial charge is 0.363 e. The second kappa shape index (κ2) is 5.99. The van der Waals surface area contributed by atoms with Gasteiger partial charge in [-0.05, 0) is 53.7 Å². The Morgan fingerprint density at radius 1 is 1.30 bits per heavy atom. The third-order valence-electron chi connectivity index (χ3n) is 2.76. The van der Waals surface area contributed by atoms with Crippen LogP contribution in [0.5, 0.6) is 0 Å². The summed E-state index contributed by atoms with van der Waals surface area (Å²) in [6, 6.07) is 7.12. The summed E-state index contributed by atoms with van der Waals surface area (Å²) >= 11 is 3.34. The lowest BCUT2D eigenvalue weighted by Crippen LogP contribution is -2.12. The van der Waals surface area contributed by atoms with Gasteiger partial charge in [0.1, 0.15) is 4.90 Å². The fourth-order valence-corrected chi connectivity index (χ4v) is 3.35. The van der Waals surface area contributed by atoms with Crippen molar-refractivity contribution in [3.63, 3.8) is 0 Å². The summed E-state index contributed by atoms with van der Waals surface area (Å²) in [6.07, 6.45) is 1.48. The molecule has 0 bridgehead atoms. The van der Waals surface area contributed by atoms with Crippen molar-refractivity contribution >= 4 is 31.6 Å². The van der Waals surface area contributed by atoms with Crippen LogP contribution in [0.3, 0.4) is 0 Å². The second-order valence-electron chi connectivity index (χ2n) is 4.48. The lowest BCUT2D eigenvalue weighted by molar-refractivity contribution is 0.601. The molecule has 1 aromatic carbocycles. The van der Waals surface area contributed by atoms with E-state index in [1.54, 1.807) is 19.2 Å².